The van der Waals surface area contributed by atoms with Crippen LogP contribution in [0.4, 0.5) is 0 Å². The maximum Gasteiger partial charge on any atom is 0.253 e. The largest absolute Gasteiger partial charge is 0.339 e. The Morgan fingerprint density at radius 1 is 1.17 bits per heavy atom. The van der Waals surface area contributed by atoms with Gasteiger partial charge in [-0.05, 0) is 56.0 Å². The fourth-order valence-electron chi connectivity index (χ4n) is 3.82. The minimum absolute atomic E-state index is 0.153. The Balaban J connectivity index is 1.51. The summed E-state index contributed by atoms with van der Waals surface area (Å²) in [6, 6.07) is 7.81. The molecule has 0 radical (unpaired) electrons. The number of carbonyl (C=O) groups excluding carboxylic acids is 1. The van der Waals surface area contributed by atoms with E-state index in [1.807, 2.05) is 39.9 Å². The van der Waals surface area contributed by atoms with Gasteiger partial charge >= 0.3 is 0 Å². The third-order valence-corrected chi connectivity index (χ3v) is 5.20. The number of hydrogen-bond donors (Lipinski definition) is 1. The lowest BCUT2D eigenvalue weighted by atomic mass is 9.92. The smallest absolute Gasteiger partial charge is 0.253 e. The molecule has 2 aromatic rings. The summed E-state index contributed by atoms with van der Waals surface area (Å²) >= 11 is 0. The fraction of sp³-hybridized carbons (Fsp3) is 0.444. The maximum absolute atomic E-state index is 12.9. The van der Waals surface area contributed by atoms with Crippen molar-refractivity contribution in [2.75, 3.05) is 26.2 Å². The van der Waals surface area contributed by atoms with Gasteiger partial charge in [0.2, 0.25) is 0 Å². The standard InChI is InChI=1S/C18H22N4O/c23-18(21-7-4-15-11-20-12-16(15)5-8-21)14-2-1-3-17(10-14)22-9-6-19-13-22/h1-3,6,9-10,13,15-16,20H,4-5,7-8,11-12H2/t15-,16+. The number of aromatic nitrogens is 2. The predicted molar refractivity (Wildman–Crippen MR) is 88.6 cm³/mol. The normalized spacial score (nSPS) is 24.3. The van der Waals surface area contributed by atoms with E-state index >= 15 is 0 Å². The molecule has 0 aliphatic carbocycles. The Bertz CT molecular complexity index is 668. The van der Waals surface area contributed by atoms with Gasteiger partial charge in [-0.2, -0.15) is 0 Å². The van der Waals surface area contributed by atoms with Crippen LogP contribution in [0.2, 0.25) is 0 Å². The van der Waals surface area contributed by atoms with Crippen molar-refractivity contribution in [2.24, 2.45) is 11.8 Å². The van der Waals surface area contributed by atoms with Crippen molar-refractivity contribution < 1.29 is 4.79 Å². The average molecular weight is 310 g/mol. The lowest BCUT2D eigenvalue weighted by Gasteiger charge is -2.21. The zero-order chi connectivity index (χ0) is 15.6. The summed E-state index contributed by atoms with van der Waals surface area (Å²) < 4.78 is 1.93. The summed E-state index contributed by atoms with van der Waals surface area (Å²) in [5.74, 6) is 1.63. The Morgan fingerprint density at radius 3 is 2.65 bits per heavy atom. The van der Waals surface area contributed by atoms with E-state index in [1.165, 1.54) is 0 Å². The second-order valence-electron chi connectivity index (χ2n) is 6.57. The van der Waals surface area contributed by atoms with Crippen molar-refractivity contribution >= 4 is 5.91 Å². The van der Waals surface area contributed by atoms with Gasteiger partial charge in [0.1, 0.15) is 0 Å². The monoisotopic (exact) mass is 310 g/mol. The molecule has 1 aromatic carbocycles. The van der Waals surface area contributed by atoms with Gasteiger partial charge in [0.05, 0.1) is 6.33 Å². The molecule has 23 heavy (non-hydrogen) atoms. The quantitative estimate of drug-likeness (QED) is 0.922. The van der Waals surface area contributed by atoms with Gasteiger partial charge in [0, 0.05) is 36.7 Å². The number of amides is 1. The molecule has 1 aromatic heterocycles. The Morgan fingerprint density at radius 2 is 1.96 bits per heavy atom. The van der Waals surface area contributed by atoms with Gasteiger partial charge in [-0.15, -0.1) is 0 Å². The first-order valence-corrected chi connectivity index (χ1v) is 8.39. The zero-order valence-corrected chi connectivity index (χ0v) is 13.2. The van der Waals surface area contributed by atoms with E-state index in [4.69, 9.17) is 0 Å². The van der Waals surface area contributed by atoms with Crippen LogP contribution in [0.3, 0.4) is 0 Å². The highest BCUT2D eigenvalue weighted by Crippen LogP contribution is 2.27. The highest BCUT2D eigenvalue weighted by Gasteiger charge is 2.31. The molecule has 4 rings (SSSR count). The zero-order valence-electron chi connectivity index (χ0n) is 13.2. The SMILES string of the molecule is O=C(c1cccc(-n2ccnc2)c1)N1CC[C@@H]2CNC[C@@H]2CC1. The highest BCUT2D eigenvalue weighted by atomic mass is 16.2. The van der Waals surface area contributed by atoms with E-state index in [0.717, 1.165) is 62.1 Å². The fourth-order valence-corrected chi connectivity index (χ4v) is 3.82. The molecule has 0 spiro atoms. The number of rotatable bonds is 2. The van der Waals surface area contributed by atoms with Gasteiger partial charge in [-0.25, -0.2) is 4.98 Å². The molecule has 120 valence electrons. The Hall–Kier alpha value is -2.14. The molecule has 2 aliphatic rings. The van der Waals surface area contributed by atoms with Gasteiger partial charge in [-0.3, -0.25) is 4.79 Å². The third-order valence-electron chi connectivity index (χ3n) is 5.20. The van der Waals surface area contributed by atoms with E-state index in [-0.39, 0.29) is 5.91 Å². The number of benzene rings is 1. The van der Waals surface area contributed by atoms with Crippen molar-refractivity contribution in [1.29, 1.82) is 0 Å². The molecule has 0 unspecified atom stereocenters. The molecule has 2 saturated heterocycles. The van der Waals surface area contributed by atoms with Crippen LogP contribution in [0.15, 0.2) is 43.0 Å². The summed E-state index contributed by atoms with van der Waals surface area (Å²) in [4.78, 5) is 19.0. The molecule has 1 amide bonds. The Kier molecular flexibility index (Phi) is 3.87. The second-order valence-corrected chi connectivity index (χ2v) is 6.57. The predicted octanol–water partition coefficient (Wildman–Crippen LogP) is 1.94. The summed E-state index contributed by atoms with van der Waals surface area (Å²) in [5, 5.41) is 3.48. The van der Waals surface area contributed by atoms with E-state index in [9.17, 15) is 4.79 Å². The minimum atomic E-state index is 0.153. The summed E-state index contributed by atoms with van der Waals surface area (Å²) in [7, 11) is 0. The van der Waals surface area contributed by atoms with Crippen molar-refractivity contribution in [3.8, 4) is 5.69 Å². The number of nitrogens with zero attached hydrogens (tertiary/aromatic N) is 3. The van der Waals surface area contributed by atoms with Crippen LogP contribution < -0.4 is 5.32 Å². The molecule has 2 aliphatic heterocycles. The van der Waals surface area contributed by atoms with Gasteiger partial charge in [-0.1, -0.05) is 6.07 Å². The summed E-state index contributed by atoms with van der Waals surface area (Å²) in [5.41, 5.74) is 1.74. The van der Waals surface area contributed by atoms with Gasteiger partial charge in [0.25, 0.3) is 5.91 Å². The molecular formula is C18H22N4O. The molecule has 1 N–H and O–H groups in total. The van der Waals surface area contributed by atoms with E-state index in [0.29, 0.717) is 0 Å². The lowest BCUT2D eigenvalue weighted by molar-refractivity contribution is 0.0758. The van der Waals surface area contributed by atoms with Crippen molar-refractivity contribution in [1.82, 2.24) is 19.8 Å². The van der Waals surface area contributed by atoms with Crippen LogP contribution in [0, 0.1) is 11.8 Å². The van der Waals surface area contributed by atoms with Crippen molar-refractivity contribution in [2.45, 2.75) is 12.8 Å². The average Bonchev–Trinajstić information content (AvgIpc) is 3.23. The van der Waals surface area contributed by atoms with Crippen LogP contribution in [0.5, 0.6) is 0 Å². The van der Waals surface area contributed by atoms with Gasteiger partial charge in [0.15, 0.2) is 0 Å². The Labute approximate surface area is 136 Å². The first kappa shape index (κ1) is 14.5. The van der Waals surface area contributed by atoms with Crippen LogP contribution in [0.1, 0.15) is 23.2 Å². The molecule has 5 heteroatoms. The molecular weight excluding hydrogens is 288 g/mol. The molecule has 2 fully saturated rings. The molecule has 2 atom stereocenters. The van der Waals surface area contributed by atoms with Gasteiger partial charge < -0.3 is 14.8 Å². The second kappa shape index (κ2) is 6.16. The third kappa shape index (κ3) is 2.88. The van der Waals surface area contributed by atoms with Crippen LogP contribution >= 0.6 is 0 Å². The van der Waals surface area contributed by atoms with Crippen LogP contribution in [-0.2, 0) is 0 Å². The number of carbonyl (C=O) groups is 1. The first-order valence-electron chi connectivity index (χ1n) is 8.39. The number of hydrogen-bond acceptors (Lipinski definition) is 3. The van der Waals surface area contributed by atoms with Crippen LogP contribution in [-0.4, -0.2) is 46.5 Å². The first-order chi connectivity index (χ1) is 11.3. The summed E-state index contributed by atoms with van der Waals surface area (Å²) in [6.07, 6.45) is 7.62. The number of likely N-dealkylation sites (tertiary alicyclic amines) is 1. The van der Waals surface area contributed by atoms with Crippen molar-refractivity contribution in [3.63, 3.8) is 0 Å². The number of nitrogens with one attached hydrogen (secondary N) is 1. The molecule has 0 bridgehead atoms. The number of fused-ring (bicyclic) bond motifs is 1. The van der Waals surface area contributed by atoms with Crippen LogP contribution in [0.25, 0.3) is 5.69 Å². The molecule has 3 heterocycles. The topological polar surface area (TPSA) is 50.2 Å². The highest BCUT2D eigenvalue weighted by molar-refractivity contribution is 5.94. The minimum Gasteiger partial charge on any atom is -0.339 e. The van der Waals surface area contributed by atoms with Crippen molar-refractivity contribution in [3.05, 3.63) is 48.5 Å². The molecule has 0 saturated carbocycles. The number of imidazole rings is 1. The van der Waals surface area contributed by atoms with E-state index < -0.39 is 0 Å². The molecule has 5 nitrogen and oxygen atoms in total. The lowest BCUT2D eigenvalue weighted by Crippen LogP contribution is -2.32. The maximum atomic E-state index is 12.9. The summed E-state index contributed by atoms with van der Waals surface area (Å²) in [6.45, 7) is 3.97. The van der Waals surface area contributed by atoms with E-state index in [1.54, 1.807) is 12.5 Å². The van der Waals surface area contributed by atoms with E-state index in [2.05, 4.69) is 10.3 Å².